The van der Waals surface area contributed by atoms with Crippen molar-refractivity contribution in [2.24, 2.45) is 0 Å². The van der Waals surface area contributed by atoms with Crippen LogP contribution in [0.15, 0.2) is 42.7 Å². The quantitative estimate of drug-likeness (QED) is 0.890. The maximum Gasteiger partial charge on any atom is 0.257 e. The molecule has 2 rings (SSSR count). The van der Waals surface area contributed by atoms with Gasteiger partial charge in [-0.25, -0.2) is 4.39 Å². The Bertz CT molecular complexity index is 560. The second-order valence-corrected chi connectivity index (χ2v) is 3.70. The number of para-hydroxylation sites is 1. The van der Waals surface area contributed by atoms with Crippen molar-refractivity contribution < 1.29 is 9.18 Å². The smallest absolute Gasteiger partial charge is 0.257 e. The first-order valence-electron chi connectivity index (χ1n) is 4.84. The summed E-state index contributed by atoms with van der Waals surface area (Å²) in [6, 6.07) is 7.39. The van der Waals surface area contributed by atoms with Gasteiger partial charge in [-0.05, 0) is 18.2 Å². The number of hydrogen-bond acceptors (Lipinski definition) is 2. The van der Waals surface area contributed by atoms with Crippen LogP contribution in [0, 0.1) is 5.82 Å². The molecule has 0 radical (unpaired) electrons. The number of aromatic nitrogens is 1. The highest BCUT2D eigenvalue weighted by Crippen LogP contribution is 2.17. The maximum absolute atomic E-state index is 13.3. The molecule has 0 atom stereocenters. The number of halogens is 2. The molecule has 0 saturated heterocycles. The third kappa shape index (κ3) is 2.60. The largest absolute Gasteiger partial charge is 0.319 e. The van der Waals surface area contributed by atoms with Gasteiger partial charge in [-0.2, -0.15) is 0 Å². The zero-order valence-corrected chi connectivity index (χ0v) is 9.41. The Kier molecular flexibility index (Phi) is 3.35. The number of nitrogens with one attached hydrogen (secondary N) is 1. The lowest BCUT2D eigenvalue weighted by Crippen LogP contribution is -2.13. The Morgan fingerprint density at radius 2 is 2.06 bits per heavy atom. The summed E-state index contributed by atoms with van der Waals surface area (Å²) in [4.78, 5) is 15.6. The molecule has 1 N–H and O–H groups in total. The molecule has 2 aromatic rings. The van der Waals surface area contributed by atoms with E-state index >= 15 is 0 Å². The summed E-state index contributed by atoms with van der Waals surface area (Å²) in [5.41, 5.74) is 0.371. The average molecular weight is 251 g/mol. The van der Waals surface area contributed by atoms with Gasteiger partial charge in [0, 0.05) is 12.4 Å². The van der Waals surface area contributed by atoms with Crippen molar-refractivity contribution in [3.8, 4) is 0 Å². The molecule has 0 fully saturated rings. The Labute approximate surface area is 102 Å². The number of carbonyl (C=O) groups excluding carboxylic acids is 1. The van der Waals surface area contributed by atoms with Crippen molar-refractivity contribution >= 4 is 23.2 Å². The highest BCUT2D eigenvalue weighted by molar-refractivity contribution is 6.34. The monoisotopic (exact) mass is 250 g/mol. The number of anilines is 1. The van der Waals surface area contributed by atoms with Crippen LogP contribution in [0.5, 0.6) is 0 Å². The normalized spacial score (nSPS) is 10.0. The molecule has 0 unspecified atom stereocenters. The minimum Gasteiger partial charge on any atom is -0.319 e. The van der Waals surface area contributed by atoms with Gasteiger partial charge in [-0.3, -0.25) is 9.78 Å². The summed E-state index contributed by atoms with van der Waals surface area (Å²) >= 11 is 5.81. The lowest BCUT2D eigenvalue weighted by Gasteiger charge is -2.06. The molecule has 0 aliphatic carbocycles. The number of carbonyl (C=O) groups is 1. The molecule has 17 heavy (non-hydrogen) atoms. The lowest BCUT2D eigenvalue weighted by atomic mass is 10.2. The molecule has 1 aromatic heterocycles. The van der Waals surface area contributed by atoms with Crippen molar-refractivity contribution in [1.82, 2.24) is 4.98 Å². The standard InChI is InChI=1S/C12H8ClFN2O/c13-9-7-15-6-5-8(9)12(17)16-11-4-2-1-3-10(11)14/h1-7H,(H,16,17). The molecule has 0 saturated carbocycles. The van der Waals surface area contributed by atoms with E-state index < -0.39 is 11.7 Å². The van der Waals surface area contributed by atoms with Gasteiger partial charge in [0.15, 0.2) is 0 Å². The molecule has 1 aromatic carbocycles. The van der Waals surface area contributed by atoms with E-state index in [-0.39, 0.29) is 16.3 Å². The first-order valence-corrected chi connectivity index (χ1v) is 5.21. The first-order chi connectivity index (χ1) is 8.18. The topological polar surface area (TPSA) is 42.0 Å². The molecule has 5 heteroatoms. The summed E-state index contributed by atoms with van der Waals surface area (Å²) in [5.74, 6) is -0.964. The van der Waals surface area contributed by atoms with Crippen LogP contribution in [0.2, 0.25) is 5.02 Å². The number of hydrogen-bond donors (Lipinski definition) is 1. The van der Waals surface area contributed by atoms with Crippen molar-refractivity contribution in [1.29, 1.82) is 0 Å². The van der Waals surface area contributed by atoms with E-state index in [2.05, 4.69) is 10.3 Å². The van der Waals surface area contributed by atoms with E-state index in [1.165, 1.54) is 30.6 Å². The predicted octanol–water partition coefficient (Wildman–Crippen LogP) is 3.13. The molecule has 1 amide bonds. The van der Waals surface area contributed by atoms with Gasteiger partial charge in [-0.15, -0.1) is 0 Å². The second kappa shape index (κ2) is 4.93. The Balaban J connectivity index is 2.24. The van der Waals surface area contributed by atoms with E-state index in [9.17, 15) is 9.18 Å². The zero-order chi connectivity index (χ0) is 12.3. The van der Waals surface area contributed by atoms with Gasteiger partial charge < -0.3 is 5.32 Å². The predicted molar refractivity (Wildman–Crippen MR) is 63.6 cm³/mol. The highest BCUT2D eigenvalue weighted by atomic mass is 35.5. The molecular weight excluding hydrogens is 243 g/mol. The third-order valence-electron chi connectivity index (χ3n) is 2.14. The van der Waals surface area contributed by atoms with Gasteiger partial charge in [0.25, 0.3) is 5.91 Å². The van der Waals surface area contributed by atoms with Crippen molar-refractivity contribution in [3.63, 3.8) is 0 Å². The van der Waals surface area contributed by atoms with Gasteiger partial charge in [0.1, 0.15) is 5.82 Å². The Hall–Kier alpha value is -1.94. The average Bonchev–Trinajstić information content (AvgIpc) is 2.32. The van der Waals surface area contributed by atoms with Crippen LogP contribution < -0.4 is 5.32 Å². The number of nitrogens with zero attached hydrogens (tertiary/aromatic N) is 1. The van der Waals surface area contributed by atoms with Crippen LogP contribution in [0.25, 0.3) is 0 Å². The third-order valence-corrected chi connectivity index (χ3v) is 2.44. The molecule has 86 valence electrons. The fraction of sp³-hybridized carbons (Fsp3) is 0. The van der Waals surface area contributed by atoms with Crippen LogP contribution in [0.1, 0.15) is 10.4 Å². The maximum atomic E-state index is 13.3. The number of benzene rings is 1. The molecule has 3 nitrogen and oxygen atoms in total. The summed E-state index contributed by atoms with van der Waals surface area (Å²) in [6.07, 6.45) is 2.81. The summed E-state index contributed by atoms with van der Waals surface area (Å²) in [6.45, 7) is 0. The number of rotatable bonds is 2. The van der Waals surface area contributed by atoms with E-state index in [0.29, 0.717) is 0 Å². The highest BCUT2D eigenvalue weighted by Gasteiger charge is 2.11. The minimum atomic E-state index is -0.494. The van der Waals surface area contributed by atoms with E-state index in [1.807, 2.05) is 0 Å². The fourth-order valence-electron chi connectivity index (χ4n) is 1.31. The first kappa shape index (κ1) is 11.5. The van der Waals surface area contributed by atoms with Gasteiger partial charge in [0.2, 0.25) is 0 Å². The van der Waals surface area contributed by atoms with E-state index in [4.69, 9.17) is 11.6 Å². The molecule has 0 aliphatic heterocycles. The van der Waals surface area contributed by atoms with E-state index in [0.717, 1.165) is 0 Å². The van der Waals surface area contributed by atoms with Crippen molar-refractivity contribution in [2.45, 2.75) is 0 Å². The van der Waals surface area contributed by atoms with E-state index in [1.54, 1.807) is 12.1 Å². The zero-order valence-electron chi connectivity index (χ0n) is 8.65. The van der Waals surface area contributed by atoms with Gasteiger partial charge >= 0.3 is 0 Å². The Morgan fingerprint density at radius 1 is 1.29 bits per heavy atom. The van der Waals surface area contributed by atoms with Crippen molar-refractivity contribution in [3.05, 3.63) is 59.1 Å². The molecular formula is C12H8ClFN2O. The number of pyridine rings is 1. The van der Waals surface area contributed by atoms with Crippen LogP contribution in [-0.4, -0.2) is 10.9 Å². The SMILES string of the molecule is O=C(Nc1ccccc1F)c1ccncc1Cl. The van der Waals surface area contributed by atoms with Crippen LogP contribution in [0.3, 0.4) is 0 Å². The molecule has 0 aliphatic rings. The molecule has 0 spiro atoms. The second-order valence-electron chi connectivity index (χ2n) is 3.29. The van der Waals surface area contributed by atoms with Gasteiger partial charge in [-0.1, -0.05) is 23.7 Å². The van der Waals surface area contributed by atoms with Crippen molar-refractivity contribution in [2.75, 3.05) is 5.32 Å². The Morgan fingerprint density at radius 3 is 2.76 bits per heavy atom. The molecule has 1 heterocycles. The lowest BCUT2D eigenvalue weighted by molar-refractivity contribution is 0.102. The van der Waals surface area contributed by atoms with Crippen LogP contribution >= 0.6 is 11.6 Å². The summed E-state index contributed by atoms with van der Waals surface area (Å²) in [5, 5.41) is 2.66. The van der Waals surface area contributed by atoms with Crippen LogP contribution in [-0.2, 0) is 0 Å². The van der Waals surface area contributed by atoms with Gasteiger partial charge in [0.05, 0.1) is 16.3 Å². The summed E-state index contributed by atoms with van der Waals surface area (Å²) in [7, 11) is 0. The number of amides is 1. The molecule has 0 bridgehead atoms. The minimum absolute atomic E-state index is 0.116. The fourth-order valence-corrected chi connectivity index (χ4v) is 1.52. The summed E-state index contributed by atoms with van der Waals surface area (Å²) < 4.78 is 13.3. The van der Waals surface area contributed by atoms with Crippen LogP contribution in [0.4, 0.5) is 10.1 Å².